The molecule has 0 aromatic carbocycles. The van der Waals surface area contributed by atoms with E-state index in [2.05, 4.69) is 22.1 Å². The average molecular weight is 245 g/mol. The van der Waals surface area contributed by atoms with Gasteiger partial charge in [-0.1, -0.05) is 5.92 Å². The highest BCUT2D eigenvalue weighted by molar-refractivity contribution is 5.93. The van der Waals surface area contributed by atoms with E-state index in [1.807, 2.05) is 19.9 Å². The lowest BCUT2D eigenvalue weighted by atomic mass is 10.2. The number of aromatic nitrogens is 1. The molecular weight excluding hydrogens is 226 g/mol. The lowest BCUT2D eigenvalue weighted by Gasteiger charge is -2.18. The van der Waals surface area contributed by atoms with E-state index < -0.39 is 0 Å². The first-order valence-corrected chi connectivity index (χ1v) is 6.11. The lowest BCUT2D eigenvalue weighted by molar-refractivity contribution is 0.0767. The second kappa shape index (κ2) is 7.33. The molecule has 4 nitrogen and oxygen atoms in total. The van der Waals surface area contributed by atoms with Crippen molar-refractivity contribution in [1.82, 2.24) is 9.88 Å². The molecule has 1 rings (SSSR count). The molecule has 1 amide bonds. The molecule has 1 aromatic heterocycles. The summed E-state index contributed by atoms with van der Waals surface area (Å²) in [6.07, 6.45) is 1.64. The second-order valence-corrected chi connectivity index (χ2v) is 3.69. The summed E-state index contributed by atoms with van der Waals surface area (Å²) >= 11 is 0. The van der Waals surface area contributed by atoms with Crippen molar-refractivity contribution in [1.29, 1.82) is 0 Å². The second-order valence-electron chi connectivity index (χ2n) is 3.69. The van der Waals surface area contributed by atoms with Crippen LogP contribution >= 0.6 is 0 Å². The number of nitrogens with zero attached hydrogens (tertiary/aromatic N) is 2. The molecule has 0 aliphatic carbocycles. The van der Waals surface area contributed by atoms with Crippen molar-refractivity contribution >= 4 is 11.6 Å². The van der Waals surface area contributed by atoms with Gasteiger partial charge >= 0.3 is 0 Å². The Bertz CT molecular complexity index is 456. The third-order valence-corrected chi connectivity index (χ3v) is 2.59. The van der Waals surface area contributed by atoms with E-state index in [0.29, 0.717) is 25.3 Å². The van der Waals surface area contributed by atoms with Gasteiger partial charge in [0.15, 0.2) is 0 Å². The minimum absolute atomic E-state index is 0.0368. The van der Waals surface area contributed by atoms with Crippen LogP contribution in [0.25, 0.3) is 0 Å². The third kappa shape index (κ3) is 3.77. The van der Waals surface area contributed by atoms with Crippen molar-refractivity contribution in [2.45, 2.75) is 20.8 Å². The number of hydrogen-bond acceptors (Lipinski definition) is 3. The summed E-state index contributed by atoms with van der Waals surface area (Å²) in [7, 11) is 0. The van der Waals surface area contributed by atoms with E-state index in [1.54, 1.807) is 24.1 Å². The molecule has 96 valence electrons. The Kier molecular flexibility index (Phi) is 5.72. The predicted octanol–water partition coefficient (Wildman–Crippen LogP) is 2.00. The lowest BCUT2D eigenvalue weighted by Crippen LogP contribution is -2.31. The van der Waals surface area contributed by atoms with Crippen molar-refractivity contribution in [2.24, 2.45) is 0 Å². The summed E-state index contributed by atoms with van der Waals surface area (Å²) in [5, 5.41) is 3.13. The average Bonchev–Trinajstić information content (AvgIpc) is 2.41. The van der Waals surface area contributed by atoms with Crippen LogP contribution in [0, 0.1) is 11.8 Å². The molecule has 1 N–H and O–H groups in total. The SMILES string of the molecule is CC#CCNc1ccnc(C(=O)N(CC)CC)c1. The Labute approximate surface area is 108 Å². The molecule has 0 spiro atoms. The van der Waals surface area contributed by atoms with E-state index >= 15 is 0 Å². The van der Waals surface area contributed by atoms with Gasteiger partial charge in [-0.3, -0.25) is 9.78 Å². The maximum Gasteiger partial charge on any atom is 0.272 e. The zero-order valence-electron chi connectivity index (χ0n) is 11.2. The van der Waals surface area contributed by atoms with Gasteiger partial charge in [0.05, 0.1) is 6.54 Å². The van der Waals surface area contributed by atoms with Crippen LogP contribution in [0.1, 0.15) is 31.3 Å². The minimum atomic E-state index is -0.0368. The predicted molar refractivity (Wildman–Crippen MR) is 73.4 cm³/mol. The van der Waals surface area contributed by atoms with Crippen LogP contribution in [-0.4, -0.2) is 35.4 Å². The smallest absolute Gasteiger partial charge is 0.272 e. The Morgan fingerprint density at radius 3 is 2.78 bits per heavy atom. The molecule has 1 aromatic rings. The van der Waals surface area contributed by atoms with Crippen molar-refractivity contribution in [3.8, 4) is 11.8 Å². The van der Waals surface area contributed by atoms with E-state index in [1.165, 1.54) is 0 Å². The Balaban J connectivity index is 2.79. The van der Waals surface area contributed by atoms with Crippen LogP contribution < -0.4 is 5.32 Å². The monoisotopic (exact) mass is 245 g/mol. The normalized spacial score (nSPS) is 9.28. The summed E-state index contributed by atoms with van der Waals surface area (Å²) in [6, 6.07) is 3.59. The van der Waals surface area contributed by atoms with Crippen LogP contribution in [-0.2, 0) is 0 Å². The fraction of sp³-hybridized carbons (Fsp3) is 0.429. The number of carbonyl (C=O) groups is 1. The molecule has 0 atom stereocenters. The highest BCUT2D eigenvalue weighted by atomic mass is 16.2. The number of amides is 1. The van der Waals surface area contributed by atoms with Crippen molar-refractivity contribution in [3.63, 3.8) is 0 Å². The molecule has 0 radical (unpaired) electrons. The van der Waals surface area contributed by atoms with E-state index in [4.69, 9.17) is 0 Å². The van der Waals surface area contributed by atoms with E-state index in [9.17, 15) is 4.79 Å². The summed E-state index contributed by atoms with van der Waals surface area (Å²) in [4.78, 5) is 18.0. The number of nitrogens with one attached hydrogen (secondary N) is 1. The van der Waals surface area contributed by atoms with Gasteiger partial charge in [0.2, 0.25) is 0 Å². The first-order chi connectivity index (χ1) is 8.72. The topological polar surface area (TPSA) is 45.2 Å². The van der Waals surface area contributed by atoms with Gasteiger partial charge in [0, 0.05) is 25.0 Å². The molecule has 0 aliphatic heterocycles. The van der Waals surface area contributed by atoms with Crippen LogP contribution in [0.5, 0.6) is 0 Å². The maximum absolute atomic E-state index is 12.1. The number of anilines is 1. The number of pyridine rings is 1. The van der Waals surface area contributed by atoms with Crippen molar-refractivity contribution in [3.05, 3.63) is 24.0 Å². The summed E-state index contributed by atoms with van der Waals surface area (Å²) in [5.74, 6) is 5.69. The standard InChI is InChI=1S/C14H19N3O/c1-4-7-9-15-12-8-10-16-13(11-12)14(18)17(5-2)6-3/h8,10-11H,5-6,9H2,1-3H3,(H,15,16). The number of carbonyl (C=O) groups excluding carboxylic acids is 1. The van der Waals surface area contributed by atoms with Gasteiger partial charge in [-0.2, -0.15) is 0 Å². The fourth-order valence-corrected chi connectivity index (χ4v) is 1.56. The highest BCUT2D eigenvalue weighted by Gasteiger charge is 2.13. The van der Waals surface area contributed by atoms with Gasteiger partial charge < -0.3 is 10.2 Å². The van der Waals surface area contributed by atoms with Crippen LogP contribution in [0.15, 0.2) is 18.3 Å². The number of rotatable bonds is 5. The molecule has 0 saturated heterocycles. The maximum atomic E-state index is 12.1. The van der Waals surface area contributed by atoms with Gasteiger partial charge in [-0.25, -0.2) is 0 Å². The fourth-order valence-electron chi connectivity index (χ4n) is 1.56. The summed E-state index contributed by atoms with van der Waals surface area (Å²) in [6.45, 7) is 7.66. The Morgan fingerprint density at radius 1 is 1.44 bits per heavy atom. The van der Waals surface area contributed by atoms with Crippen LogP contribution in [0.3, 0.4) is 0 Å². The van der Waals surface area contributed by atoms with Crippen LogP contribution in [0.2, 0.25) is 0 Å². The molecule has 0 aliphatic rings. The zero-order valence-corrected chi connectivity index (χ0v) is 11.2. The molecule has 4 heteroatoms. The van der Waals surface area contributed by atoms with Gasteiger partial charge in [-0.15, -0.1) is 5.92 Å². The molecule has 0 bridgehead atoms. The van der Waals surface area contributed by atoms with Crippen LogP contribution in [0.4, 0.5) is 5.69 Å². The Hall–Kier alpha value is -2.02. The molecule has 0 unspecified atom stereocenters. The Morgan fingerprint density at radius 2 is 2.17 bits per heavy atom. The summed E-state index contributed by atoms with van der Waals surface area (Å²) in [5.41, 5.74) is 1.33. The van der Waals surface area contributed by atoms with E-state index in [-0.39, 0.29) is 5.91 Å². The largest absolute Gasteiger partial charge is 0.374 e. The zero-order chi connectivity index (χ0) is 13.4. The first-order valence-electron chi connectivity index (χ1n) is 6.11. The van der Waals surface area contributed by atoms with Gasteiger partial charge in [0.1, 0.15) is 5.69 Å². The quantitative estimate of drug-likeness (QED) is 0.807. The third-order valence-electron chi connectivity index (χ3n) is 2.59. The summed E-state index contributed by atoms with van der Waals surface area (Å²) < 4.78 is 0. The molecule has 0 fully saturated rings. The highest BCUT2D eigenvalue weighted by Crippen LogP contribution is 2.09. The molecular formula is C14H19N3O. The molecule has 1 heterocycles. The van der Waals surface area contributed by atoms with E-state index in [0.717, 1.165) is 5.69 Å². The van der Waals surface area contributed by atoms with Crippen molar-refractivity contribution < 1.29 is 4.79 Å². The van der Waals surface area contributed by atoms with Crippen molar-refractivity contribution in [2.75, 3.05) is 25.0 Å². The molecule has 0 saturated carbocycles. The minimum Gasteiger partial charge on any atom is -0.374 e. The first kappa shape index (κ1) is 14.0. The van der Waals surface area contributed by atoms with Gasteiger partial charge in [0.25, 0.3) is 5.91 Å². The van der Waals surface area contributed by atoms with Gasteiger partial charge in [-0.05, 0) is 32.9 Å². The molecule has 18 heavy (non-hydrogen) atoms. The number of hydrogen-bond donors (Lipinski definition) is 1.